The van der Waals surface area contributed by atoms with Crippen molar-refractivity contribution in [2.24, 2.45) is 5.92 Å². The number of fused-ring (bicyclic) bond motifs is 1. The molecule has 1 unspecified atom stereocenters. The van der Waals surface area contributed by atoms with Crippen LogP contribution in [0.4, 0.5) is 8.78 Å². The first-order chi connectivity index (χ1) is 12.0. The van der Waals surface area contributed by atoms with Gasteiger partial charge in [0.2, 0.25) is 11.8 Å². The van der Waals surface area contributed by atoms with Crippen LogP contribution in [0.3, 0.4) is 0 Å². The van der Waals surface area contributed by atoms with E-state index in [1.54, 1.807) is 4.90 Å². The highest BCUT2D eigenvalue weighted by atomic mass is 19.1. The summed E-state index contributed by atoms with van der Waals surface area (Å²) < 4.78 is 33.2. The molecule has 2 aliphatic heterocycles. The molecule has 2 heterocycles. The first-order valence-electron chi connectivity index (χ1n) is 8.33. The molecular formula is C18H20F2N2O3. The van der Waals surface area contributed by atoms with Crippen molar-refractivity contribution in [3.8, 4) is 5.75 Å². The van der Waals surface area contributed by atoms with Crippen molar-refractivity contribution in [3.05, 3.63) is 42.0 Å². The number of ether oxygens (including phenoxy) is 1. The first kappa shape index (κ1) is 17.4. The van der Waals surface area contributed by atoms with Gasteiger partial charge < -0.3 is 15.0 Å². The average molecular weight is 350 g/mol. The molecule has 25 heavy (non-hydrogen) atoms. The molecular weight excluding hydrogens is 330 g/mol. The number of halogens is 2. The minimum atomic E-state index is -0.643. The molecule has 7 heteroatoms. The summed E-state index contributed by atoms with van der Waals surface area (Å²) in [6.07, 6.45) is 2.95. The number of amides is 2. The maximum atomic E-state index is 14.1. The van der Waals surface area contributed by atoms with Gasteiger partial charge in [-0.1, -0.05) is 6.58 Å². The monoisotopic (exact) mass is 350 g/mol. The van der Waals surface area contributed by atoms with E-state index in [4.69, 9.17) is 4.74 Å². The second-order valence-electron chi connectivity index (χ2n) is 6.30. The van der Waals surface area contributed by atoms with Gasteiger partial charge in [-0.3, -0.25) is 9.59 Å². The van der Waals surface area contributed by atoms with E-state index >= 15 is 0 Å². The number of carbonyl (C=O) groups is 2. The number of hydrogen-bond acceptors (Lipinski definition) is 3. The van der Waals surface area contributed by atoms with E-state index in [2.05, 4.69) is 11.9 Å². The van der Waals surface area contributed by atoms with Crippen LogP contribution >= 0.6 is 0 Å². The Morgan fingerprint density at radius 2 is 2.04 bits per heavy atom. The number of nitrogens with zero attached hydrogens (tertiary/aromatic N) is 1. The SMILES string of the molecule is C=CC(=O)N1CCCC(C(=O)N[C@@H]2CCOc3c(F)ccc(F)c32)C1. The molecule has 1 fully saturated rings. The Hall–Kier alpha value is -2.44. The van der Waals surface area contributed by atoms with Crippen LogP contribution in [-0.2, 0) is 9.59 Å². The van der Waals surface area contributed by atoms with E-state index in [0.29, 0.717) is 32.4 Å². The fourth-order valence-electron chi connectivity index (χ4n) is 3.40. The van der Waals surface area contributed by atoms with Crippen molar-refractivity contribution in [1.82, 2.24) is 10.2 Å². The zero-order chi connectivity index (χ0) is 18.0. The van der Waals surface area contributed by atoms with E-state index in [-0.39, 0.29) is 35.7 Å². The summed E-state index contributed by atoms with van der Waals surface area (Å²) in [5.41, 5.74) is 0.0504. The highest BCUT2D eigenvalue weighted by molar-refractivity contribution is 5.88. The lowest BCUT2D eigenvalue weighted by Gasteiger charge is -2.33. The minimum Gasteiger partial charge on any atom is -0.490 e. The van der Waals surface area contributed by atoms with Crippen LogP contribution in [0, 0.1) is 17.6 Å². The number of piperidine rings is 1. The Morgan fingerprint density at radius 1 is 1.28 bits per heavy atom. The molecule has 0 saturated carbocycles. The number of hydrogen-bond donors (Lipinski definition) is 1. The number of nitrogens with one attached hydrogen (secondary N) is 1. The third-order valence-electron chi connectivity index (χ3n) is 4.69. The van der Waals surface area contributed by atoms with Crippen LogP contribution in [0.1, 0.15) is 30.9 Å². The number of rotatable bonds is 3. The molecule has 1 saturated heterocycles. The standard InChI is InChI=1S/C18H20F2N2O3/c1-2-15(23)22-8-3-4-11(10-22)18(24)21-14-7-9-25-17-13(20)6-5-12(19)16(14)17/h2,5-6,11,14H,1,3-4,7-10H2,(H,21,24)/t11?,14-/m1/s1. The van der Waals surface area contributed by atoms with Gasteiger partial charge in [0.1, 0.15) is 5.82 Å². The second-order valence-corrected chi connectivity index (χ2v) is 6.30. The summed E-state index contributed by atoms with van der Waals surface area (Å²) in [5, 5.41) is 2.80. The van der Waals surface area contributed by atoms with E-state index in [9.17, 15) is 18.4 Å². The maximum Gasteiger partial charge on any atom is 0.245 e. The number of carbonyl (C=O) groups excluding carboxylic acids is 2. The quantitative estimate of drug-likeness (QED) is 0.852. The van der Waals surface area contributed by atoms with Crippen molar-refractivity contribution >= 4 is 11.8 Å². The Bertz CT molecular complexity index is 708. The molecule has 0 aromatic heterocycles. The molecule has 2 amide bonds. The van der Waals surface area contributed by atoms with Crippen LogP contribution in [0.5, 0.6) is 5.75 Å². The summed E-state index contributed by atoms with van der Waals surface area (Å²) in [6, 6.07) is 1.41. The lowest BCUT2D eigenvalue weighted by Crippen LogP contribution is -2.46. The molecule has 1 aromatic carbocycles. The third kappa shape index (κ3) is 3.50. The number of benzene rings is 1. The predicted octanol–water partition coefficient (Wildman–Crippen LogP) is 2.33. The van der Waals surface area contributed by atoms with Gasteiger partial charge in [-0.25, -0.2) is 8.78 Å². The Balaban J connectivity index is 1.73. The molecule has 0 radical (unpaired) electrons. The molecule has 1 aromatic rings. The lowest BCUT2D eigenvalue weighted by molar-refractivity contribution is -0.132. The fourth-order valence-corrected chi connectivity index (χ4v) is 3.40. The Morgan fingerprint density at radius 3 is 2.80 bits per heavy atom. The van der Waals surface area contributed by atoms with Crippen LogP contribution in [0.25, 0.3) is 0 Å². The van der Waals surface area contributed by atoms with Gasteiger partial charge >= 0.3 is 0 Å². The number of likely N-dealkylation sites (tertiary alicyclic amines) is 1. The summed E-state index contributed by atoms with van der Waals surface area (Å²) in [6.45, 7) is 4.55. The normalized spacial score (nSPS) is 22.6. The van der Waals surface area contributed by atoms with Crippen molar-refractivity contribution in [1.29, 1.82) is 0 Å². The fraction of sp³-hybridized carbons (Fsp3) is 0.444. The second kappa shape index (κ2) is 7.21. The summed E-state index contributed by atoms with van der Waals surface area (Å²) in [5.74, 6) is -2.22. The van der Waals surface area contributed by atoms with Crippen LogP contribution in [0.15, 0.2) is 24.8 Å². The van der Waals surface area contributed by atoms with Gasteiger partial charge in [-0.05, 0) is 31.1 Å². The maximum absolute atomic E-state index is 14.1. The molecule has 134 valence electrons. The zero-order valence-electron chi connectivity index (χ0n) is 13.8. The summed E-state index contributed by atoms with van der Waals surface area (Å²) in [7, 11) is 0. The van der Waals surface area contributed by atoms with E-state index < -0.39 is 17.7 Å². The Labute approximate surface area is 144 Å². The van der Waals surface area contributed by atoms with E-state index in [0.717, 1.165) is 12.1 Å². The Kier molecular flexibility index (Phi) is 5.01. The van der Waals surface area contributed by atoms with Crippen molar-refractivity contribution in [3.63, 3.8) is 0 Å². The smallest absolute Gasteiger partial charge is 0.245 e. The highest BCUT2D eigenvalue weighted by Gasteiger charge is 2.33. The van der Waals surface area contributed by atoms with Gasteiger partial charge in [-0.2, -0.15) is 0 Å². The summed E-state index contributed by atoms with van der Waals surface area (Å²) in [4.78, 5) is 25.9. The van der Waals surface area contributed by atoms with E-state index in [1.807, 2.05) is 0 Å². The molecule has 0 spiro atoms. The molecule has 0 bridgehead atoms. The minimum absolute atomic E-state index is 0.0504. The van der Waals surface area contributed by atoms with Crippen LogP contribution < -0.4 is 10.1 Å². The largest absolute Gasteiger partial charge is 0.490 e. The molecule has 3 rings (SSSR count). The van der Waals surface area contributed by atoms with Crippen molar-refractivity contribution < 1.29 is 23.1 Å². The van der Waals surface area contributed by atoms with Gasteiger partial charge in [0.05, 0.1) is 24.1 Å². The molecule has 1 N–H and O–H groups in total. The van der Waals surface area contributed by atoms with Gasteiger partial charge in [0.15, 0.2) is 11.6 Å². The molecule has 5 nitrogen and oxygen atoms in total. The topological polar surface area (TPSA) is 58.6 Å². The van der Waals surface area contributed by atoms with Crippen LogP contribution in [0.2, 0.25) is 0 Å². The molecule has 2 aliphatic rings. The summed E-state index contributed by atoms with van der Waals surface area (Å²) >= 11 is 0. The van der Waals surface area contributed by atoms with Crippen molar-refractivity contribution in [2.45, 2.75) is 25.3 Å². The van der Waals surface area contributed by atoms with Crippen LogP contribution in [-0.4, -0.2) is 36.4 Å². The molecule has 2 atom stereocenters. The van der Waals surface area contributed by atoms with Crippen molar-refractivity contribution in [2.75, 3.05) is 19.7 Å². The predicted molar refractivity (Wildman–Crippen MR) is 86.9 cm³/mol. The third-order valence-corrected chi connectivity index (χ3v) is 4.69. The average Bonchev–Trinajstić information content (AvgIpc) is 2.64. The van der Waals surface area contributed by atoms with E-state index in [1.165, 1.54) is 6.08 Å². The zero-order valence-corrected chi connectivity index (χ0v) is 13.8. The highest BCUT2D eigenvalue weighted by Crippen LogP contribution is 2.36. The van der Waals surface area contributed by atoms with Gasteiger partial charge in [0.25, 0.3) is 0 Å². The van der Waals surface area contributed by atoms with Gasteiger partial charge in [-0.15, -0.1) is 0 Å². The first-order valence-corrected chi connectivity index (χ1v) is 8.33. The lowest BCUT2D eigenvalue weighted by atomic mass is 9.94. The molecule has 0 aliphatic carbocycles. The van der Waals surface area contributed by atoms with Gasteiger partial charge in [0, 0.05) is 19.5 Å².